The molecule has 3 N–H and O–H groups in total. The number of urea groups is 2. The van der Waals surface area contributed by atoms with E-state index in [2.05, 4.69) is 19.5 Å². The van der Waals surface area contributed by atoms with Gasteiger partial charge in [-0.1, -0.05) is 13.8 Å². The van der Waals surface area contributed by atoms with Gasteiger partial charge in [0.25, 0.3) is 11.8 Å². The lowest BCUT2D eigenvalue weighted by Crippen LogP contribution is -2.49. The summed E-state index contributed by atoms with van der Waals surface area (Å²) in [6.45, 7) is 4.73. The molecule has 0 aromatic carbocycles. The minimum Gasteiger partial charge on any atom is -0.724 e. The van der Waals surface area contributed by atoms with E-state index in [1.165, 1.54) is 9.80 Å². The van der Waals surface area contributed by atoms with Gasteiger partial charge < -0.3 is 14.4 Å². The van der Waals surface area contributed by atoms with Crippen molar-refractivity contribution >= 4 is 44.7 Å². The van der Waals surface area contributed by atoms with Crippen LogP contribution >= 0.6 is 0 Å². The van der Waals surface area contributed by atoms with Crippen LogP contribution in [0.1, 0.15) is 52.4 Å². The molecule has 0 saturated carbocycles. The maximum Gasteiger partial charge on any atom is 0.418 e. The molecular weight excluding hydrogens is 612 g/mol. The number of fused-ring (bicyclic) bond motifs is 4. The van der Waals surface area contributed by atoms with Crippen molar-refractivity contribution in [3.05, 3.63) is 0 Å². The maximum atomic E-state index is 12.0. The first kappa shape index (κ1) is 33.6. The topological polar surface area (TPSA) is 254 Å². The normalized spacial score (nSPS) is 25.3. The van der Waals surface area contributed by atoms with Crippen LogP contribution in [0.4, 0.5) is 9.59 Å². The highest BCUT2D eigenvalue weighted by Crippen LogP contribution is 2.31. The molecule has 42 heavy (non-hydrogen) atoms. The number of nitrogens with one attached hydrogen (secondary N) is 2. The summed E-state index contributed by atoms with van der Waals surface area (Å²) < 4.78 is 70.4. The summed E-state index contributed by atoms with van der Waals surface area (Å²) in [4.78, 5) is 60.1. The molecular formula is C20H33N6O14S2-. The predicted octanol–water partition coefficient (Wildman–Crippen LogP) is -1.45. The largest absolute Gasteiger partial charge is 0.724 e. The van der Waals surface area contributed by atoms with Crippen LogP contribution in [0, 0.1) is 0 Å². The molecule has 4 atom stereocenters. The Labute approximate surface area is 241 Å². The number of amides is 6. The first-order valence-corrected chi connectivity index (χ1v) is 15.7. The van der Waals surface area contributed by atoms with Gasteiger partial charge in [0.2, 0.25) is 10.4 Å². The Morgan fingerprint density at radius 3 is 1.57 bits per heavy atom. The molecule has 0 aliphatic carbocycles. The summed E-state index contributed by atoms with van der Waals surface area (Å²) >= 11 is 0. The second kappa shape index (κ2) is 14.1. The molecule has 0 spiro atoms. The Hall–Kier alpha value is -2.86. The molecule has 20 nitrogen and oxygen atoms in total. The third-order valence-electron chi connectivity index (χ3n) is 6.56. The number of rotatable bonds is 12. The summed E-state index contributed by atoms with van der Waals surface area (Å²) in [5, 5.41) is 1.12. The van der Waals surface area contributed by atoms with E-state index in [0.29, 0.717) is 49.0 Å². The van der Waals surface area contributed by atoms with Crippen molar-refractivity contribution in [3.63, 3.8) is 0 Å². The molecule has 4 rings (SSSR count). The molecule has 4 fully saturated rings. The van der Waals surface area contributed by atoms with Crippen LogP contribution in [-0.2, 0) is 48.6 Å². The second-order valence-electron chi connectivity index (χ2n) is 9.63. The average Bonchev–Trinajstić information content (AvgIpc) is 3.27. The SMILES string of the molecule is CCCONC(=O)[C@@H]1CC[C@@H]2CN1C(=O)N2OS(=O)(=O)O.CCCONC(=O)[C@@H]1CC[C@@H]2CN1C(=O)N2OS(=O)(=O)[O-]. The van der Waals surface area contributed by atoms with Crippen molar-refractivity contribution in [2.75, 3.05) is 26.3 Å². The molecule has 4 aliphatic heterocycles. The fraction of sp³-hybridized carbons (Fsp3) is 0.800. The van der Waals surface area contributed by atoms with Gasteiger partial charge in [-0.05, 0) is 38.5 Å². The molecule has 0 aromatic rings. The molecule has 0 unspecified atom stereocenters. The van der Waals surface area contributed by atoms with Gasteiger partial charge in [0.1, 0.15) is 12.1 Å². The Morgan fingerprint density at radius 1 is 0.810 bits per heavy atom. The van der Waals surface area contributed by atoms with Gasteiger partial charge >= 0.3 is 22.5 Å². The Morgan fingerprint density at radius 2 is 1.21 bits per heavy atom. The molecule has 22 heteroatoms. The van der Waals surface area contributed by atoms with E-state index in [9.17, 15) is 40.6 Å². The van der Waals surface area contributed by atoms with Crippen LogP contribution in [0.25, 0.3) is 0 Å². The van der Waals surface area contributed by atoms with E-state index < -0.39 is 68.8 Å². The molecule has 4 aliphatic rings. The van der Waals surface area contributed by atoms with Gasteiger partial charge in [0.05, 0.1) is 25.3 Å². The fourth-order valence-electron chi connectivity index (χ4n) is 4.79. The quantitative estimate of drug-likeness (QED) is 0.0950. The molecule has 4 heterocycles. The van der Waals surface area contributed by atoms with Crippen LogP contribution in [0.3, 0.4) is 0 Å². The smallest absolute Gasteiger partial charge is 0.418 e. The standard InChI is InChI=1S/2C10H17N3O7S/c2*1-2-5-19-11-9(14)8-4-3-7-6-12(8)10(15)13(7)20-21(16,17)18/h2*7-8H,2-6H2,1H3,(H,11,14)(H,16,17,18)/p-1/t2*7-,8+/m11/s1. The van der Waals surface area contributed by atoms with Crippen molar-refractivity contribution in [3.8, 4) is 0 Å². The number of carbonyl (C=O) groups is 4. The van der Waals surface area contributed by atoms with Crippen LogP contribution in [0.5, 0.6) is 0 Å². The minimum atomic E-state index is -5.03. The van der Waals surface area contributed by atoms with Crippen molar-refractivity contribution < 1.29 is 63.4 Å². The monoisotopic (exact) mass is 645 g/mol. The number of hydrogen-bond acceptors (Lipinski definition) is 13. The van der Waals surface area contributed by atoms with Crippen LogP contribution in [0.2, 0.25) is 0 Å². The number of piperidine rings is 2. The van der Waals surface area contributed by atoms with Crippen LogP contribution in [-0.4, -0.2) is 120 Å². The zero-order chi connectivity index (χ0) is 31.2. The van der Waals surface area contributed by atoms with Crippen molar-refractivity contribution in [2.24, 2.45) is 0 Å². The van der Waals surface area contributed by atoms with Gasteiger partial charge in [0, 0.05) is 13.1 Å². The van der Waals surface area contributed by atoms with Crippen molar-refractivity contribution in [2.45, 2.75) is 76.5 Å². The van der Waals surface area contributed by atoms with Gasteiger partial charge in [-0.3, -0.25) is 23.8 Å². The number of hydroxylamine groups is 6. The predicted molar refractivity (Wildman–Crippen MR) is 134 cm³/mol. The molecule has 4 saturated heterocycles. The first-order chi connectivity index (χ1) is 19.7. The third kappa shape index (κ3) is 8.59. The van der Waals surface area contributed by atoms with Gasteiger partial charge in [-0.15, -0.1) is 4.28 Å². The Balaban J connectivity index is 0.000000230. The van der Waals surface area contributed by atoms with E-state index in [-0.39, 0.29) is 13.1 Å². The number of hydrogen-bond donors (Lipinski definition) is 3. The zero-order valence-electron chi connectivity index (χ0n) is 22.7. The number of carbonyl (C=O) groups excluding carboxylic acids is 4. The highest BCUT2D eigenvalue weighted by atomic mass is 32.3. The van der Waals surface area contributed by atoms with Crippen LogP contribution < -0.4 is 11.0 Å². The second-order valence-corrected chi connectivity index (χ2v) is 11.6. The highest BCUT2D eigenvalue weighted by Gasteiger charge is 2.50. The summed E-state index contributed by atoms with van der Waals surface area (Å²) in [6, 6.07) is -4.17. The van der Waals surface area contributed by atoms with E-state index >= 15 is 0 Å². The van der Waals surface area contributed by atoms with Crippen molar-refractivity contribution in [1.82, 2.24) is 30.9 Å². The lowest BCUT2D eigenvalue weighted by atomic mass is 10.0. The van der Waals surface area contributed by atoms with E-state index in [1.54, 1.807) is 0 Å². The molecule has 240 valence electrons. The molecule has 0 radical (unpaired) electrons. The lowest BCUT2D eigenvalue weighted by molar-refractivity contribution is -0.139. The van der Waals surface area contributed by atoms with E-state index in [1.807, 2.05) is 13.8 Å². The van der Waals surface area contributed by atoms with Gasteiger partial charge in [0.15, 0.2) is 0 Å². The Bertz CT molecular complexity index is 1140. The average molecular weight is 646 g/mol. The number of nitrogens with zero attached hydrogens (tertiary/aromatic N) is 4. The molecule has 0 aromatic heterocycles. The summed E-state index contributed by atoms with van der Waals surface area (Å²) in [6.07, 6.45) is 2.86. The fourth-order valence-corrected chi connectivity index (χ4v) is 5.56. The van der Waals surface area contributed by atoms with Gasteiger partial charge in [-0.2, -0.15) is 22.8 Å². The molecule has 4 bridgehead atoms. The maximum absolute atomic E-state index is 12.0. The van der Waals surface area contributed by atoms with Crippen LogP contribution in [0.15, 0.2) is 0 Å². The Kier molecular flexibility index (Phi) is 11.3. The van der Waals surface area contributed by atoms with Crippen molar-refractivity contribution in [1.29, 1.82) is 0 Å². The zero-order valence-corrected chi connectivity index (χ0v) is 24.4. The first-order valence-electron chi connectivity index (χ1n) is 13.0. The summed E-state index contributed by atoms with van der Waals surface area (Å²) in [7, 11) is -9.81. The third-order valence-corrected chi connectivity index (χ3v) is 7.25. The van der Waals surface area contributed by atoms with E-state index in [0.717, 1.165) is 12.8 Å². The molecule has 6 amide bonds. The minimum absolute atomic E-state index is 0.125. The highest BCUT2D eigenvalue weighted by molar-refractivity contribution is 7.81. The van der Waals surface area contributed by atoms with E-state index in [4.69, 9.17) is 14.2 Å². The summed E-state index contributed by atoms with van der Waals surface area (Å²) in [5.74, 6) is -0.953. The summed E-state index contributed by atoms with van der Waals surface area (Å²) in [5.41, 5.74) is 4.51. The van der Waals surface area contributed by atoms with Gasteiger partial charge in [-0.25, -0.2) is 29.0 Å². The lowest BCUT2D eigenvalue weighted by Gasteiger charge is -2.28.